The zero-order chi connectivity index (χ0) is 32.3. The molecule has 4 nitrogen and oxygen atoms in total. The fourth-order valence-electron chi connectivity index (χ4n) is 6.80. The van der Waals surface area contributed by atoms with E-state index in [2.05, 4.69) is 52.0 Å². The Morgan fingerprint density at radius 1 is 0.341 bits per heavy atom. The molecule has 0 unspecified atom stereocenters. The minimum Gasteiger partial charge on any atom is -0.508 e. The highest BCUT2D eigenvalue weighted by molar-refractivity contribution is 5.51. The first-order chi connectivity index (χ1) is 20.8. The van der Waals surface area contributed by atoms with Crippen LogP contribution in [0.25, 0.3) is 0 Å². The summed E-state index contributed by atoms with van der Waals surface area (Å²) in [4.78, 5) is 0. The van der Waals surface area contributed by atoms with Gasteiger partial charge in [0.2, 0.25) is 0 Å². The molecule has 0 saturated heterocycles. The Morgan fingerprint density at radius 2 is 0.568 bits per heavy atom. The van der Waals surface area contributed by atoms with E-state index in [-0.39, 0.29) is 11.8 Å². The van der Waals surface area contributed by atoms with Gasteiger partial charge in [0, 0.05) is 11.8 Å². The number of benzene rings is 4. The number of unbranched alkanes of at least 4 members (excludes halogenated alkanes) is 3. The van der Waals surface area contributed by atoms with E-state index in [1.165, 1.54) is 22.3 Å². The van der Waals surface area contributed by atoms with E-state index >= 15 is 0 Å². The van der Waals surface area contributed by atoms with Crippen LogP contribution in [-0.2, 0) is 0 Å². The zero-order valence-corrected chi connectivity index (χ0v) is 27.8. The van der Waals surface area contributed by atoms with E-state index in [1.54, 1.807) is 0 Å². The topological polar surface area (TPSA) is 80.9 Å². The monoisotopic (exact) mass is 594 g/mol. The molecule has 234 valence electrons. The summed E-state index contributed by atoms with van der Waals surface area (Å²) < 4.78 is 0. The Bertz CT molecular complexity index is 1410. The standard InChI is InChI=1S/C40H50O4/c1-23-19-37(41)27(5)15-33(23)31(34-16-28(6)38(42)20-24(34)2)13-11-9-10-12-14-32(35-17-29(7)39(43)21-25(35)3)36-18-30(8)40(44)22-26(36)4/h15-22,31-32,41-44H,9-14H2,1-8H3. The van der Waals surface area contributed by atoms with Crippen LogP contribution >= 0.6 is 0 Å². The highest BCUT2D eigenvalue weighted by Gasteiger charge is 2.22. The van der Waals surface area contributed by atoms with Crippen molar-refractivity contribution in [3.05, 3.63) is 115 Å². The minimum atomic E-state index is 0.187. The SMILES string of the molecule is Cc1cc(C(CCCCCCC(c2cc(C)c(O)cc2C)c2cc(C)c(O)cc2C)c2cc(C)c(O)cc2C)c(C)cc1O. The summed E-state index contributed by atoms with van der Waals surface area (Å²) in [5, 5.41) is 41.3. The quantitative estimate of drug-likeness (QED) is 0.130. The number of hydrogen-bond donors (Lipinski definition) is 4. The van der Waals surface area contributed by atoms with Gasteiger partial charge in [0.1, 0.15) is 23.0 Å². The second-order valence-corrected chi connectivity index (χ2v) is 13.1. The predicted molar refractivity (Wildman–Crippen MR) is 182 cm³/mol. The van der Waals surface area contributed by atoms with Crippen LogP contribution in [-0.4, -0.2) is 20.4 Å². The Labute approximate surface area is 264 Å². The van der Waals surface area contributed by atoms with Crippen LogP contribution in [0.2, 0.25) is 0 Å². The van der Waals surface area contributed by atoms with Crippen LogP contribution in [0.5, 0.6) is 23.0 Å². The van der Waals surface area contributed by atoms with Gasteiger partial charge in [-0.1, -0.05) is 49.9 Å². The number of hydrogen-bond acceptors (Lipinski definition) is 4. The number of aromatic hydroxyl groups is 4. The molecule has 0 aliphatic heterocycles. The van der Waals surface area contributed by atoms with E-state index in [0.717, 1.165) is 83.0 Å². The fraction of sp³-hybridized carbons (Fsp3) is 0.400. The number of phenolic OH excluding ortho intramolecular Hbond substituents is 4. The highest BCUT2D eigenvalue weighted by Crippen LogP contribution is 2.40. The molecule has 4 rings (SSSR count). The molecule has 0 aromatic heterocycles. The van der Waals surface area contributed by atoms with E-state index in [1.807, 2.05) is 52.0 Å². The summed E-state index contributed by atoms with van der Waals surface area (Å²) >= 11 is 0. The Morgan fingerprint density at radius 3 is 0.795 bits per heavy atom. The average Bonchev–Trinajstić information content (AvgIpc) is 2.95. The molecular formula is C40H50O4. The van der Waals surface area contributed by atoms with Crippen molar-refractivity contribution in [2.24, 2.45) is 0 Å². The van der Waals surface area contributed by atoms with Gasteiger partial charge < -0.3 is 20.4 Å². The molecule has 0 amide bonds. The van der Waals surface area contributed by atoms with Gasteiger partial charge in [0.05, 0.1) is 0 Å². The van der Waals surface area contributed by atoms with Crippen molar-refractivity contribution in [2.45, 2.75) is 106 Å². The second-order valence-electron chi connectivity index (χ2n) is 13.1. The summed E-state index contributed by atoms with van der Waals surface area (Å²) in [6.45, 7) is 16.1. The molecule has 4 aromatic rings. The maximum Gasteiger partial charge on any atom is 0.118 e. The average molecular weight is 595 g/mol. The zero-order valence-electron chi connectivity index (χ0n) is 27.8. The predicted octanol–water partition coefficient (Wildman–Crippen LogP) is 10.3. The molecule has 0 saturated carbocycles. The molecule has 4 aromatic carbocycles. The summed E-state index contributed by atoms with van der Waals surface area (Å²) in [6, 6.07) is 16.0. The van der Waals surface area contributed by atoms with Crippen LogP contribution < -0.4 is 0 Å². The smallest absolute Gasteiger partial charge is 0.118 e. The molecular weight excluding hydrogens is 544 g/mol. The van der Waals surface area contributed by atoms with Gasteiger partial charge in [-0.3, -0.25) is 0 Å². The lowest BCUT2D eigenvalue weighted by atomic mass is 9.80. The van der Waals surface area contributed by atoms with Crippen LogP contribution in [0.1, 0.15) is 117 Å². The number of rotatable bonds is 11. The van der Waals surface area contributed by atoms with Crippen molar-refractivity contribution in [1.82, 2.24) is 0 Å². The van der Waals surface area contributed by atoms with Gasteiger partial charge in [-0.2, -0.15) is 0 Å². The molecule has 4 N–H and O–H groups in total. The highest BCUT2D eigenvalue weighted by atomic mass is 16.3. The normalized spacial score (nSPS) is 11.6. The third-order valence-electron chi connectivity index (χ3n) is 9.58. The van der Waals surface area contributed by atoms with Crippen molar-refractivity contribution in [1.29, 1.82) is 0 Å². The third kappa shape index (κ3) is 7.23. The molecule has 0 aliphatic rings. The van der Waals surface area contributed by atoms with E-state index in [4.69, 9.17) is 0 Å². The number of aryl methyl sites for hydroxylation is 8. The van der Waals surface area contributed by atoms with Crippen LogP contribution in [0, 0.1) is 55.4 Å². The molecule has 0 bridgehead atoms. The number of phenols is 4. The lowest BCUT2D eigenvalue weighted by Gasteiger charge is -2.25. The van der Waals surface area contributed by atoms with Gasteiger partial charge in [-0.05, 0) is 159 Å². The molecule has 4 heteroatoms. The lowest BCUT2D eigenvalue weighted by molar-refractivity contribution is 0.468. The molecule has 44 heavy (non-hydrogen) atoms. The molecule has 0 atom stereocenters. The Balaban J connectivity index is 1.52. The molecule has 0 radical (unpaired) electrons. The lowest BCUT2D eigenvalue weighted by Crippen LogP contribution is -2.08. The summed E-state index contributed by atoms with van der Waals surface area (Å²) in [5.74, 6) is 1.69. The largest absolute Gasteiger partial charge is 0.508 e. The van der Waals surface area contributed by atoms with Crippen molar-refractivity contribution < 1.29 is 20.4 Å². The van der Waals surface area contributed by atoms with E-state index in [0.29, 0.717) is 23.0 Å². The molecule has 0 spiro atoms. The summed E-state index contributed by atoms with van der Waals surface area (Å²) in [6.07, 6.45) is 6.34. The van der Waals surface area contributed by atoms with Crippen LogP contribution in [0.4, 0.5) is 0 Å². The Kier molecular flexibility index (Phi) is 10.3. The van der Waals surface area contributed by atoms with Gasteiger partial charge >= 0.3 is 0 Å². The van der Waals surface area contributed by atoms with Crippen molar-refractivity contribution in [3.63, 3.8) is 0 Å². The fourth-order valence-corrected chi connectivity index (χ4v) is 6.80. The first-order valence-electron chi connectivity index (χ1n) is 16.0. The van der Waals surface area contributed by atoms with Crippen molar-refractivity contribution in [2.75, 3.05) is 0 Å². The van der Waals surface area contributed by atoms with Crippen LogP contribution in [0.15, 0.2) is 48.5 Å². The van der Waals surface area contributed by atoms with Gasteiger partial charge in [0.25, 0.3) is 0 Å². The van der Waals surface area contributed by atoms with E-state index in [9.17, 15) is 20.4 Å². The second kappa shape index (κ2) is 13.8. The maximum absolute atomic E-state index is 10.3. The minimum absolute atomic E-state index is 0.187. The van der Waals surface area contributed by atoms with Crippen molar-refractivity contribution >= 4 is 0 Å². The summed E-state index contributed by atoms with van der Waals surface area (Å²) in [5.41, 5.74) is 12.8. The Hall–Kier alpha value is -3.92. The first-order valence-corrected chi connectivity index (χ1v) is 16.0. The maximum atomic E-state index is 10.3. The van der Waals surface area contributed by atoms with Gasteiger partial charge in [0.15, 0.2) is 0 Å². The molecule has 0 aliphatic carbocycles. The molecule has 0 heterocycles. The van der Waals surface area contributed by atoms with Crippen LogP contribution in [0.3, 0.4) is 0 Å². The van der Waals surface area contributed by atoms with E-state index < -0.39 is 0 Å². The first kappa shape index (κ1) is 33.0. The van der Waals surface area contributed by atoms with Gasteiger partial charge in [-0.15, -0.1) is 0 Å². The third-order valence-corrected chi connectivity index (χ3v) is 9.58. The van der Waals surface area contributed by atoms with Crippen molar-refractivity contribution in [3.8, 4) is 23.0 Å². The molecule has 0 fully saturated rings. The van der Waals surface area contributed by atoms with Gasteiger partial charge in [-0.25, -0.2) is 0 Å². The summed E-state index contributed by atoms with van der Waals surface area (Å²) in [7, 11) is 0.